The van der Waals surface area contributed by atoms with Gasteiger partial charge in [-0.2, -0.15) is 9.78 Å². The Balaban J connectivity index is 2.01. The lowest BCUT2D eigenvalue weighted by Crippen LogP contribution is -2.45. The predicted octanol–water partition coefficient (Wildman–Crippen LogP) is 3.58. The van der Waals surface area contributed by atoms with Crippen LogP contribution in [0, 0.1) is 0 Å². The summed E-state index contributed by atoms with van der Waals surface area (Å²) in [5.41, 5.74) is 0. The van der Waals surface area contributed by atoms with E-state index in [0.717, 1.165) is 50.7 Å². The quantitative estimate of drug-likeness (QED) is 0.263. The highest BCUT2D eigenvalue weighted by molar-refractivity contribution is 5.80. The highest BCUT2D eigenvalue weighted by Crippen LogP contribution is 2.38. The largest absolute Gasteiger partial charge is 0.365 e. The van der Waals surface area contributed by atoms with Crippen LogP contribution < -0.4 is 0 Å². The molecule has 8 nitrogen and oxygen atoms in total. The number of carbonyl (C=O) groups is 2. The first-order chi connectivity index (χ1) is 12.5. The molecule has 0 N–H and O–H groups in total. The van der Waals surface area contributed by atoms with E-state index in [9.17, 15) is 9.59 Å². The van der Waals surface area contributed by atoms with Crippen LogP contribution in [-0.4, -0.2) is 23.5 Å². The molecule has 0 bridgehead atoms. The minimum atomic E-state index is -1.23. The van der Waals surface area contributed by atoms with Crippen LogP contribution in [-0.2, 0) is 38.9 Å². The molecule has 2 aliphatic carbocycles. The van der Waals surface area contributed by atoms with E-state index in [1.807, 2.05) is 0 Å². The molecule has 0 spiro atoms. The lowest BCUT2D eigenvalue weighted by Gasteiger charge is -2.38. The van der Waals surface area contributed by atoms with Crippen LogP contribution >= 0.6 is 0 Å². The Hall–Kier alpha value is -1.74. The van der Waals surface area contributed by atoms with Gasteiger partial charge in [-0.05, 0) is 25.7 Å². The summed E-state index contributed by atoms with van der Waals surface area (Å²) in [5.74, 6) is -3.90. The van der Waals surface area contributed by atoms with Gasteiger partial charge in [0.2, 0.25) is 11.6 Å². The van der Waals surface area contributed by atoms with Crippen LogP contribution in [0.1, 0.15) is 64.2 Å². The fourth-order valence-electron chi connectivity index (χ4n) is 3.00. The van der Waals surface area contributed by atoms with Gasteiger partial charge in [-0.3, -0.25) is 9.78 Å². The molecule has 0 atom stereocenters. The molecule has 0 unspecified atom stereocenters. The first-order valence-electron chi connectivity index (χ1n) is 8.94. The van der Waals surface area contributed by atoms with Crippen molar-refractivity contribution >= 4 is 11.9 Å². The molecule has 2 saturated carbocycles. The third-order valence-corrected chi connectivity index (χ3v) is 4.46. The number of hydrogen-bond acceptors (Lipinski definition) is 8. The van der Waals surface area contributed by atoms with Crippen molar-refractivity contribution in [2.75, 3.05) is 0 Å². The van der Waals surface area contributed by atoms with Gasteiger partial charge in [-0.15, -0.1) is 9.78 Å². The Morgan fingerprint density at radius 1 is 0.615 bits per heavy atom. The van der Waals surface area contributed by atoms with Gasteiger partial charge in [-0.25, -0.2) is 9.59 Å². The average molecular weight is 370 g/mol. The predicted molar refractivity (Wildman–Crippen MR) is 88.6 cm³/mol. The lowest BCUT2D eigenvalue weighted by atomic mass is 9.94. The smallest absolute Gasteiger partial charge is 0.290 e. The number of carbonyl (C=O) groups excluding carboxylic acids is 2. The van der Waals surface area contributed by atoms with Gasteiger partial charge in [0.1, 0.15) is 0 Å². The van der Waals surface area contributed by atoms with Crippen molar-refractivity contribution in [2.45, 2.75) is 75.8 Å². The molecule has 0 amide bonds. The van der Waals surface area contributed by atoms with Crippen LogP contribution in [0.3, 0.4) is 0 Å². The van der Waals surface area contributed by atoms with Crippen LogP contribution in [0.4, 0.5) is 0 Å². The fourth-order valence-corrected chi connectivity index (χ4v) is 3.00. The molecule has 0 aromatic carbocycles. The van der Waals surface area contributed by atoms with E-state index >= 15 is 0 Å². The molecule has 0 heterocycles. The molecule has 2 aliphatic rings. The van der Waals surface area contributed by atoms with E-state index in [-0.39, 0.29) is 0 Å². The normalized spacial score (nSPS) is 21.4. The van der Waals surface area contributed by atoms with Crippen molar-refractivity contribution in [3.8, 4) is 0 Å². The van der Waals surface area contributed by atoms with Gasteiger partial charge in [0.15, 0.2) is 0 Å². The maximum atomic E-state index is 11.3. The summed E-state index contributed by atoms with van der Waals surface area (Å²) in [6.45, 7) is 6.65. The van der Waals surface area contributed by atoms with Gasteiger partial charge < -0.3 is 0 Å². The van der Waals surface area contributed by atoms with Gasteiger partial charge in [0, 0.05) is 37.8 Å². The Morgan fingerprint density at radius 2 is 0.962 bits per heavy atom. The van der Waals surface area contributed by atoms with Gasteiger partial charge in [-0.1, -0.05) is 26.0 Å². The first kappa shape index (κ1) is 20.6. The van der Waals surface area contributed by atoms with Crippen LogP contribution in [0.15, 0.2) is 25.3 Å². The van der Waals surface area contributed by atoms with E-state index in [1.54, 1.807) is 0 Å². The topological polar surface area (TPSA) is 89.5 Å². The molecule has 0 saturated heterocycles. The number of rotatable bonds is 9. The van der Waals surface area contributed by atoms with E-state index in [2.05, 4.69) is 13.2 Å². The molecule has 8 heteroatoms. The average Bonchev–Trinajstić information content (AvgIpc) is 2.70. The second kappa shape index (κ2) is 9.82. The maximum Gasteiger partial charge on any atom is 0.365 e. The summed E-state index contributed by atoms with van der Waals surface area (Å²) >= 11 is 0. The molecule has 146 valence electrons. The third-order valence-electron chi connectivity index (χ3n) is 4.46. The summed E-state index contributed by atoms with van der Waals surface area (Å²) in [5, 5.41) is 0. The monoisotopic (exact) mass is 370 g/mol. The summed E-state index contributed by atoms with van der Waals surface area (Å²) < 4.78 is 0. The maximum absolute atomic E-state index is 11.3. The molecule has 2 fully saturated rings. The summed E-state index contributed by atoms with van der Waals surface area (Å²) in [4.78, 5) is 53.8. The molecule has 0 radical (unpaired) electrons. The SMILES string of the molecule is C=CC(=O)OOC1(OOC2(OOC(=O)C=C)CCCCC2)CCCCC1. The van der Waals surface area contributed by atoms with Crippen LogP contribution in [0.5, 0.6) is 0 Å². The summed E-state index contributed by atoms with van der Waals surface area (Å²) in [7, 11) is 0. The van der Waals surface area contributed by atoms with Crippen molar-refractivity contribution in [3.63, 3.8) is 0 Å². The summed E-state index contributed by atoms with van der Waals surface area (Å²) in [6, 6.07) is 0. The molecule has 26 heavy (non-hydrogen) atoms. The van der Waals surface area contributed by atoms with Crippen LogP contribution in [0.25, 0.3) is 0 Å². The zero-order valence-corrected chi connectivity index (χ0v) is 14.9. The Morgan fingerprint density at radius 3 is 1.27 bits per heavy atom. The molecule has 0 aromatic heterocycles. The van der Waals surface area contributed by atoms with Crippen molar-refractivity contribution in [1.29, 1.82) is 0 Å². The zero-order valence-electron chi connectivity index (χ0n) is 14.9. The molecule has 0 aromatic rings. The minimum Gasteiger partial charge on any atom is -0.290 e. The van der Waals surface area contributed by atoms with Crippen molar-refractivity contribution in [1.82, 2.24) is 0 Å². The Kier molecular flexibility index (Phi) is 7.77. The van der Waals surface area contributed by atoms with E-state index in [4.69, 9.17) is 29.3 Å². The number of hydrogen-bond donors (Lipinski definition) is 0. The van der Waals surface area contributed by atoms with Gasteiger partial charge in [0.25, 0.3) is 0 Å². The molecular formula is C18H26O8. The summed E-state index contributed by atoms with van der Waals surface area (Å²) in [6.07, 6.45) is 9.28. The highest BCUT2D eigenvalue weighted by atomic mass is 17.4. The minimum absolute atomic E-state index is 0.486. The third kappa shape index (κ3) is 5.91. The lowest BCUT2D eigenvalue weighted by molar-refractivity contribution is -0.573. The van der Waals surface area contributed by atoms with Gasteiger partial charge >= 0.3 is 11.9 Å². The van der Waals surface area contributed by atoms with Crippen LogP contribution in [0.2, 0.25) is 0 Å². The van der Waals surface area contributed by atoms with E-state index in [1.165, 1.54) is 0 Å². The Bertz CT molecular complexity index is 457. The molecular weight excluding hydrogens is 344 g/mol. The second-order valence-electron chi connectivity index (χ2n) is 6.49. The van der Waals surface area contributed by atoms with Gasteiger partial charge in [0.05, 0.1) is 0 Å². The molecule has 2 rings (SSSR count). The van der Waals surface area contributed by atoms with E-state index < -0.39 is 23.5 Å². The standard InChI is InChI=1S/C18H26O8/c1-3-15(19)21-23-17(11-7-5-8-12-17)25-26-18(13-9-6-10-14-18)24-22-16(20)4-2/h3-4H,1-2,5-14H2. The Labute approximate surface area is 152 Å². The zero-order chi connectivity index (χ0) is 18.9. The van der Waals surface area contributed by atoms with Crippen molar-refractivity contribution in [2.24, 2.45) is 0 Å². The van der Waals surface area contributed by atoms with Crippen molar-refractivity contribution in [3.05, 3.63) is 25.3 Å². The fraction of sp³-hybridized carbons (Fsp3) is 0.667. The van der Waals surface area contributed by atoms with E-state index in [0.29, 0.717) is 25.7 Å². The second-order valence-corrected chi connectivity index (χ2v) is 6.49. The first-order valence-corrected chi connectivity index (χ1v) is 8.94. The highest BCUT2D eigenvalue weighted by Gasteiger charge is 2.45. The van der Waals surface area contributed by atoms with Crippen molar-refractivity contribution < 1.29 is 38.9 Å². The molecule has 0 aliphatic heterocycles.